The van der Waals surface area contributed by atoms with Crippen molar-refractivity contribution in [2.75, 3.05) is 26.0 Å². The summed E-state index contributed by atoms with van der Waals surface area (Å²) in [5, 5.41) is 2.84. The molecule has 1 aromatic rings. The number of hydrogen-bond donors (Lipinski definition) is 1. The lowest BCUT2D eigenvalue weighted by Crippen LogP contribution is -2.38. The lowest BCUT2D eigenvalue weighted by atomic mass is 9.85. The van der Waals surface area contributed by atoms with Crippen molar-refractivity contribution in [3.05, 3.63) is 42.0 Å². The number of hydrogen-bond acceptors (Lipinski definition) is 4. The van der Waals surface area contributed by atoms with Gasteiger partial charge in [-0.15, -0.1) is 0 Å². The number of benzene rings is 1. The molecule has 1 saturated heterocycles. The normalized spacial score (nSPS) is 22.4. The third-order valence-electron chi connectivity index (χ3n) is 4.68. The van der Waals surface area contributed by atoms with Crippen molar-refractivity contribution in [3.8, 4) is 0 Å². The Morgan fingerprint density at radius 1 is 1.12 bits per heavy atom. The summed E-state index contributed by atoms with van der Waals surface area (Å²) in [6.07, 6.45) is 5.04. The molecule has 1 fully saturated rings. The molecule has 1 aliphatic heterocycles. The van der Waals surface area contributed by atoms with Crippen molar-refractivity contribution in [2.24, 2.45) is 11.8 Å². The number of carbonyl (C=O) groups excluding carboxylic acids is 3. The number of rotatable bonds is 5. The van der Waals surface area contributed by atoms with E-state index in [1.165, 1.54) is 0 Å². The summed E-state index contributed by atoms with van der Waals surface area (Å²) >= 11 is 0. The summed E-state index contributed by atoms with van der Waals surface area (Å²) in [6.45, 7) is 0.467. The van der Waals surface area contributed by atoms with E-state index in [1.54, 1.807) is 0 Å². The Hall–Kier alpha value is -2.47. The lowest BCUT2D eigenvalue weighted by molar-refractivity contribution is -0.142. The molecule has 1 N–H and O–H groups in total. The average molecular weight is 341 g/mol. The number of nitrogens with zero attached hydrogens (tertiary/aromatic N) is 2. The molecule has 0 unspecified atom stereocenters. The highest BCUT2D eigenvalue weighted by molar-refractivity contribution is 6.08. The van der Waals surface area contributed by atoms with E-state index in [-0.39, 0.29) is 36.1 Å². The minimum atomic E-state index is -0.348. The van der Waals surface area contributed by atoms with Crippen LogP contribution in [0.15, 0.2) is 36.4 Å². The molecule has 132 valence electrons. The van der Waals surface area contributed by atoms with E-state index in [1.807, 2.05) is 55.4 Å². The van der Waals surface area contributed by atoms with Crippen LogP contribution in [0.25, 0.3) is 0 Å². The highest BCUT2D eigenvalue weighted by Gasteiger charge is 2.47. The number of anilines is 1. The Bertz CT molecular complexity index is 700. The van der Waals surface area contributed by atoms with Crippen molar-refractivity contribution in [1.29, 1.82) is 0 Å². The van der Waals surface area contributed by atoms with E-state index in [4.69, 9.17) is 0 Å². The van der Waals surface area contributed by atoms with Gasteiger partial charge in [0.05, 0.1) is 11.8 Å². The first-order valence-electron chi connectivity index (χ1n) is 8.50. The lowest BCUT2D eigenvalue weighted by Gasteiger charge is -2.17. The first kappa shape index (κ1) is 17.4. The van der Waals surface area contributed by atoms with Gasteiger partial charge in [-0.3, -0.25) is 19.3 Å². The first-order chi connectivity index (χ1) is 12.0. The fourth-order valence-electron chi connectivity index (χ4n) is 3.48. The molecule has 0 aromatic heterocycles. The molecule has 2 aliphatic rings. The van der Waals surface area contributed by atoms with Crippen molar-refractivity contribution in [1.82, 2.24) is 9.80 Å². The average Bonchev–Trinajstić information content (AvgIpc) is 2.82. The van der Waals surface area contributed by atoms with Gasteiger partial charge in [-0.25, -0.2) is 0 Å². The minimum absolute atomic E-state index is 0.221. The number of carbonyl (C=O) groups is 3. The fraction of sp³-hybridized carbons (Fsp3) is 0.421. The number of likely N-dealkylation sites (tertiary alicyclic amines) is 1. The summed E-state index contributed by atoms with van der Waals surface area (Å²) in [4.78, 5) is 40.4. The van der Waals surface area contributed by atoms with E-state index in [0.717, 1.165) is 10.5 Å². The Morgan fingerprint density at radius 3 is 2.32 bits per heavy atom. The predicted octanol–water partition coefficient (Wildman–Crippen LogP) is 1.64. The quantitative estimate of drug-likeness (QED) is 0.653. The molecule has 1 heterocycles. The molecule has 3 amide bonds. The van der Waals surface area contributed by atoms with Crippen molar-refractivity contribution < 1.29 is 14.4 Å². The molecule has 0 radical (unpaired) electrons. The maximum atomic E-state index is 12.4. The zero-order valence-corrected chi connectivity index (χ0v) is 14.6. The number of nitrogens with one attached hydrogen (secondary N) is 1. The number of allylic oxidation sites excluding steroid dienone is 2. The van der Waals surface area contributed by atoms with Crippen LogP contribution in [0.4, 0.5) is 5.69 Å². The van der Waals surface area contributed by atoms with Crippen molar-refractivity contribution in [2.45, 2.75) is 19.4 Å². The maximum Gasteiger partial charge on any atom is 0.244 e. The molecule has 1 aromatic carbocycles. The first-order valence-corrected chi connectivity index (χ1v) is 8.50. The molecule has 6 heteroatoms. The summed E-state index contributed by atoms with van der Waals surface area (Å²) in [5.41, 5.74) is 1.69. The largest absolute Gasteiger partial charge is 0.324 e. The van der Waals surface area contributed by atoms with Gasteiger partial charge >= 0.3 is 0 Å². The van der Waals surface area contributed by atoms with Crippen LogP contribution < -0.4 is 5.32 Å². The minimum Gasteiger partial charge on any atom is -0.324 e. The molecule has 1 aliphatic carbocycles. The van der Waals surface area contributed by atoms with E-state index in [0.29, 0.717) is 25.1 Å². The standard InChI is InChI=1S/C19H23N3O3/c1-21(2)11-13-7-3-6-10-16(13)20-17(23)12-22-18(24)14-8-4-5-9-15(14)19(22)25/h3-7,10,14-15H,8-9,11-12H2,1-2H3,(H,20,23)/t14-,15+. The number of imide groups is 1. The second-order valence-corrected chi connectivity index (χ2v) is 6.86. The van der Waals surface area contributed by atoms with E-state index in [2.05, 4.69) is 5.32 Å². The summed E-state index contributed by atoms with van der Waals surface area (Å²) in [5.74, 6) is -1.40. The SMILES string of the molecule is CN(C)Cc1ccccc1NC(=O)CN1C(=O)[C@H]2CC=CC[C@H]2C1=O. The van der Waals surface area contributed by atoms with Gasteiger partial charge in [-0.1, -0.05) is 30.4 Å². The zero-order valence-electron chi connectivity index (χ0n) is 14.6. The van der Waals surface area contributed by atoms with Gasteiger partial charge in [0.1, 0.15) is 6.54 Å². The van der Waals surface area contributed by atoms with Crippen molar-refractivity contribution in [3.63, 3.8) is 0 Å². The molecule has 0 spiro atoms. The Morgan fingerprint density at radius 2 is 1.72 bits per heavy atom. The van der Waals surface area contributed by atoms with E-state index >= 15 is 0 Å². The van der Waals surface area contributed by atoms with Gasteiger partial charge < -0.3 is 10.2 Å². The van der Waals surface area contributed by atoms with Gasteiger partial charge in [0.15, 0.2) is 0 Å². The van der Waals surface area contributed by atoms with Gasteiger partial charge in [-0.2, -0.15) is 0 Å². The van der Waals surface area contributed by atoms with Crippen molar-refractivity contribution >= 4 is 23.4 Å². The van der Waals surface area contributed by atoms with E-state index in [9.17, 15) is 14.4 Å². The Kier molecular flexibility index (Phi) is 4.99. The summed E-state index contributed by atoms with van der Waals surface area (Å²) in [6, 6.07) is 7.54. The summed E-state index contributed by atoms with van der Waals surface area (Å²) in [7, 11) is 3.91. The van der Waals surface area contributed by atoms with Gasteiger partial charge in [0.25, 0.3) is 0 Å². The van der Waals surface area contributed by atoms with Gasteiger partial charge in [-0.05, 0) is 38.6 Å². The summed E-state index contributed by atoms with van der Waals surface area (Å²) < 4.78 is 0. The number of fused-ring (bicyclic) bond motifs is 1. The topological polar surface area (TPSA) is 69.7 Å². The smallest absolute Gasteiger partial charge is 0.244 e. The van der Waals surface area contributed by atoms with Crippen LogP contribution in [0.5, 0.6) is 0 Å². The Balaban J connectivity index is 1.67. The molecule has 0 saturated carbocycles. The maximum absolute atomic E-state index is 12.4. The third kappa shape index (κ3) is 3.64. The molecule has 25 heavy (non-hydrogen) atoms. The molecule has 6 nitrogen and oxygen atoms in total. The second kappa shape index (κ2) is 7.19. The van der Waals surface area contributed by atoms with Crippen LogP contribution in [0.2, 0.25) is 0 Å². The zero-order chi connectivity index (χ0) is 18.0. The molecule has 3 rings (SSSR count). The molecular formula is C19H23N3O3. The van der Waals surface area contributed by atoms with Crippen LogP contribution in [0, 0.1) is 11.8 Å². The van der Waals surface area contributed by atoms with Gasteiger partial charge in [0, 0.05) is 12.2 Å². The fourth-order valence-corrected chi connectivity index (χ4v) is 3.48. The van der Waals surface area contributed by atoms with Crippen LogP contribution in [-0.2, 0) is 20.9 Å². The van der Waals surface area contributed by atoms with E-state index < -0.39 is 0 Å². The monoisotopic (exact) mass is 341 g/mol. The van der Waals surface area contributed by atoms with Crippen LogP contribution >= 0.6 is 0 Å². The predicted molar refractivity (Wildman–Crippen MR) is 94.5 cm³/mol. The number of amides is 3. The van der Waals surface area contributed by atoms with Crippen LogP contribution in [0.1, 0.15) is 18.4 Å². The van der Waals surface area contributed by atoms with Crippen LogP contribution in [-0.4, -0.2) is 48.2 Å². The second-order valence-electron chi connectivity index (χ2n) is 6.86. The molecule has 0 bridgehead atoms. The molecular weight excluding hydrogens is 318 g/mol. The molecule has 2 atom stereocenters. The highest BCUT2D eigenvalue weighted by Crippen LogP contribution is 2.34. The Labute approximate surface area is 147 Å². The van der Waals surface area contributed by atoms with Crippen LogP contribution in [0.3, 0.4) is 0 Å². The number of para-hydroxylation sites is 1. The van der Waals surface area contributed by atoms with Gasteiger partial charge in [0.2, 0.25) is 17.7 Å². The highest BCUT2D eigenvalue weighted by atomic mass is 16.2. The third-order valence-corrected chi connectivity index (χ3v) is 4.68.